The lowest BCUT2D eigenvalue weighted by Gasteiger charge is -2.13. The number of rotatable bonds is 4. The van der Waals surface area contributed by atoms with E-state index >= 15 is 0 Å². The molecule has 1 saturated heterocycles. The zero-order chi connectivity index (χ0) is 10.7. The highest BCUT2D eigenvalue weighted by Gasteiger charge is 2.47. The van der Waals surface area contributed by atoms with Crippen molar-refractivity contribution in [2.45, 2.75) is 24.6 Å². The summed E-state index contributed by atoms with van der Waals surface area (Å²) in [6, 6.07) is 0. The van der Waals surface area contributed by atoms with Gasteiger partial charge in [0, 0.05) is 0 Å². The minimum absolute atomic E-state index is 0.0964. The van der Waals surface area contributed by atoms with E-state index in [4.69, 9.17) is 19.7 Å². The maximum Gasteiger partial charge on any atom is 0.335 e. The number of carbonyl (C=O) groups is 1. The van der Waals surface area contributed by atoms with Gasteiger partial charge in [-0.2, -0.15) is 0 Å². The molecule has 0 radical (unpaired) electrons. The number of ether oxygens (including phenoxy) is 2. The summed E-state index contributed by atoms with van der Waals surface area (Å²) in [4.78, 5) is 10.5. The molecule has 0 aromatic heterocycles. The molecule has 4 atom stereocenters. The minimum Gasteiger partial charge on any atom is -0.479 e. The standard InChI is InChI=1S/C7H12O7/c8-1-2-13-7-4(10)3(9)5(14-7)6(11)12/h3-5,7-10H,1-2H2,(H,11,12)/t3?,4-,5?,7?/m0/s1. The van der Waals surface area contributed by atoms with Gasteiger partial charge in [-0.15, -0.1) is 0 Å². The largest absolute Gasteiger partial charge is 0.479 e. The lowest BCUT2D eigenvalue weighted by molar-refractivity contribution is -0.182. The first-order valence-electron chi connectivity index (χ1n) is 4.04. The molecule has 1 aliphatic rings. The van der Waals surface area contributed by atoms with Crippen molar-refractivity contribution in [1.82, 2.24) is 0 Å². The normalized spacial score (nSPS) is 37.4. The Labute approximate surface area is 79.5 Å². The second-order valence-corrected chi connectivity index (χ2v) is 2.84. The van der Waals surface area contributed by atoms with Crippen molar-refractivity contribution in [1.29, 1.82) is 0 Å². The van der Waals surface area contributed by atoms with Crippen LogP contribution in [-0.2, 0) is 14.3 Å². The summed E-state index contributed by atoms with van der Waals surface area (Å²) in [6.07, 6.45) is -5.63. The predicted octanol–water partition coefficient (Wildman–Crippen LogP) is -2.47. The highest BCUT2D eigenvalue weighted by Crippen LogP contribution is 2.22. The van der Waals surface area contributed by atoms with Gasteiger partial charge in [0.2, 0.25) is 0 Å². The van der Waals surface area contributed by atoms with Gasteiger partial charge in [-0.25, -0.2) is 4.79 Å². The van der Waals surface area contributed by atoms with Gasteiger partial charge in [-0.3, -0.25) is 0 Å². The van der Waals surface area contributed by atoms with Crippen molar-refractivity contribution < 1.29 is 34.7 Å². The highest BCUT2D eigenvalue weighted by molar-refractivity contribution is 5.73. The average Bonchev–Trinajstić information content (AvgIpc) is 2.42. The first kappa shape index (κ1) is 11.3. The van der Waals surface area contributed by atoms with E-state index < -0.39 is 30.6 Å². The third kappa shape index (κ3) is 2.20. The van der Waals surface area contributed by atoms with Crippen LogP contribution in [0.1, 0.15) is 0 Å². The van der Waals surface area contributed by atoms with E-state index in [-0.39, 0.29) is 13.2 Å². The van der Waals surface area contributed by atoms with E-state index in [1.54, 1.807) is 0 Å². The molecule has 82 valence electrons. The maximum absolute atomic E-state index is 10.5. The van der Waals surface area contributed by atoms with Crippen LogP contribution in [0.5, 0.6) is 0 Å². The van der Waals surface area contributed by atoms with Crippen LogP contribution < -0.4 is 0 Å². The number of aliphatic hydroxyl groups excluding tert-OH is 3. The van der Waals surface area contributed by atoms with E-state index in [0.717, 1.165) is 0 Å². The van der Waals surface area contributed by atoms with Gasteiger partial charge >= 0.3 is 5.97 Å². The first-order chi connectivity index (χ1) is 6.57. The molecular weight excluding hydrogens is 196 g/mol. The molecule has 1 aliphatic heterocycles. The Morgan fingerprint density at radius 1 is 1.36 bits per heavy atom. The summed E-state index contributed by atoms with van der Waals surface area (Å²) < 4.78 is 9.49. The van der Waals surface area contributed by atoms with Crippen molar-refractivity contribution >= 4 is 5.97 Å². The van der Waals surface area contributed by atoms with Crippen molar-refractivity contribution in [2.75, 3.05) is 13.2 Å². The van der Waals surface area contributed by atoms with Gasteiger partial charge in [-0.05, 0) is 0 Å². The minimum atomic E-state index is -1.52. The number of hydrogen-bond donors (Lipinski definition) is 4. The zero-order valence-electron chi connectivity index (χ0n) is 7.24. The first-order valence-corrected chi connectivity index (χ1v) is 4.04. The number of carboxylic acid groups (broad SMARTS) is 1. The van der Waals surface area contributed by atoms with E-state index in [1.165, 1.54) is 0 Å². The van der Waals surface area contributed by atoms with Crippen LogP contribution in [0.15, 0.2) is 0 Å². The van der Waals surface area contributed by atoms with Crippen LogP contribution in [0.25, 0.3) is 0 Å². The Hall–Kier alpha value is -0.730. The Morgan fingerprint density at radius 3 is 2.43 bits per heavy atom. The summed E-state index contributed by atoms with van der Waals surface area (Å²) in [5.74, 6) is -1.37. The molecule has 0 bridgehead atoms. The number of aliphatic hydroxyl groups is 3. The highest BCUT2D eigenvalue weighted by atomic mass is 16.7. The summed E-state index contributed by atoms with van der Waals surface area (Å²) in [7, 11) is 0. The SMILES string of the molecule is O=C(O)C1OC(OCCO)[C@@H](O)C1O. The van der Waals surface area contributed by atoms with E-state index in [2.05, 4.69) is 0 Å². The van der Waals surface area contributed by atoms with Crippen molar-refractivity contribution in [3.63, 3.8) is 0 Å². The van der Waals surface area contributed by atoms with Crippen LogP contribution in [-0.4, -0.2) is 64.2 Å². The van der Waals surface area contributed by atoms with Gasteiger partial charge in [0.05, 0.1) is 13.2 Å². The van der Waals surface area contributed by atoms with Gasteiger partial charge in [0.1, 0.15) is 12.2 Å². The number of hydrogen-bond acceptors (Lipinski definition) is 6. The molecule has 0 spiro atoms. The molecule has 0 saturated carbocycles. The van der Waals surface area contributed by atoms with Gasteiger partial charge in [0.25, 0.3) is 0 Å². The lowest BCUT2D eigenvalue weighted by Crippen LogP contribution is -2.36. The van der Waals surface area contributed by atoms with Crippen LogP contribution in [0.2, 0.25) is 0 Å². The topological polar surface area (TPSA) is 116 Å². The van der Waals surface area contributed by atoms with Crippen molar-refractivity contribution in [3.8, 4) is 0 Å². The smallest absolute Gasteiger partial charge is 0.335 e. The molecule has 7 heteroatoms. The molecule has 0 aromatic rings. The fraction of sp³-hybridized carbons (Fsp3) is 0.857. The van der Waals surface area contributed by atoms with Gasteiger partial charge in [-0.1, -0.05) is 0 Å². The Morgan fingerprint density at radius 2 is 2.00 bits per heavy atom. The van der Waals surface area contributed by atoms with E-state index in [0.29, 0.717) is 0 Å². The molecular formula is C7H12O7. The summed E-state index contributed by atoms with van der Waals surface area (Å²) in [5.41, 5.74) is 0. The molecule has 1 heterocycles. The molecule has 1 fully saturated rings. The Balaban J connectivity index is 2.53. The lowest BCUT2D eigenvalue weighted by atomic mass is 10.1. The second-order valence-electron chi connectivity index (χ2n) is 2.84. The quantitative estimate of drug-likeness (QED) is 0.404. The monoisotopic (exact) mass is 208 g/mol. The fourth-order valence-corrected chi connectivity index (χ4v) is 1.16. The summed E-state index contributed by atoms with van der Waals surface area (Å²) in [5, 5.41) is 35.4. The molecule has 0 amide bonds. The molecule has 0 aliphatic carbocycles. The molecule has 3 unspecified atom stereocenters. The van der Waals surface area contributed by atoms with Gasteiger partial charge < -0.3 is 29.9 Å². The van der Waals surface area contributed by atoms with E-state index in [1.807, 2.05) is 0 Å². The Bertz CT molecular complexity index is 206. The summed E-state index contributed by atoms with van der Waals surface area (Å²) >= 11 is 0. The second kappa shape index (κ2) is 4.67. The third-order valence-electron chi connectivity index (χ3n) is 1.84. The third-order valence-corrected chi connectivity index (χ3v) is 1.84. The van der Waals surface area contributed by atoms with Crippen LogP contribution in [0, 0.1) is 0 Å². The van der Waals surface area contributed by atoms with E-state index in [9.17, 15) is 15.0 Å². The predicted molar refractivity (Wildman–Crippen MR) is 41.3 cm³/mol. The van der Waals surface area contributed by atoms with Crippen LogP contribution >= 0.6 is 0 Å². The maximum atomic E-state index is 10.5. The van der Waals surface area contributed by atoms with Crippen LogP contribution in [0.4, 0.5) is 0 Å². The zero-order valence-corrected chi connectivity index (χ0v) is 7.24. The fourth-order valence-electron chi connectivity index (χ4n) is 1.16. The van der Waals surface area contributed by atoms with Crippen LogP contribution in [0.3, 0.4) is 0 Å². The average molecular weight is 208 g/mol. The van der Waals surface area contributed by atoms with Gasteiger partial charge in [0.15, 0.2) is 12.4 Å². The molecule has 1 rings (SSSR count). The summed E-state index contributed by atoms with van der Waals surface area (Å²) in [6.45, 7) is -0.374. The Kier molecular flexibility index (Phi) is 3.78. The van der Waals surface area contributed by atoms with Crippen molar-refractivity contribution in [2.24, 2.45) is 0 Å². The molecule has 7 nitrogen and oxygen atoms in total. The molecule has 0 aromatic carbocycles. The number of carboxylic acids is 1. The molecule has 4 N–H and O–H groups in total. The van der Waals surface area contributed by atoms with Crippen molar-refractivity contribution in [3.05, 3.63) is 0 Å². The number of aliphatic carboxylic acids is 1. The molecule has 14 heavy (non-hydrogen) atoms.